The molecule has 0 spiro atoms. The van der Waals surface area contributed by atoms with Gasteiger partial charge in [-0.25, -0.2) is 4.68 Å². The predicted molar refractivity (Wildman–Crippen MR) is 68.8 cm³/mol. The van der Waals surface area contributed by atoms with E-state index in [1.165, 1.54) is 10.9 Å². The van der Waals surface area contributed by atoms with Gasteiger partial charge in [0.1, 0.15) is 5.02 Å². The van der Waals surface area contributed by atoms with E-state index in [0.717, 1.165) is 0 Å². The summed E-state index contributed by atoms with van der Waals surface area (Å²) in [5.74, 6) is 0. The molecule has 0 aliphatic carbocycles. The van der Waals surface area contributed by atoms with Crippen molar-refractivity contribution in [2.24, 2.45) is 0 Å². The molecule has 0 aliphatic rings. The predicted octanol–water partition coefficient (Wildman–Crippen LogP) is 2.47. The maximum Gasteiger partial charge on any atom is 0.287 e. The summed E-state index contributed by atoms with van der Waals surface area (Å²) in [6, 6.07) is 9.04. The molecule has 6 heteroatoms. The minimum Gasteiger partial charge on any atom is -0.266 e. The lowest BCUT2D eigenvalue weighted by atomic mass is 10.1. The van der Waals surface area contributed by atoms with Crippen LogP contribution in [-0.2, 0) is 6.54 Å². The summed E-state index contributed by atoms with van der Waals surface area (Å²) in [6.07, 6.45) is 1.31. The van der Waals surface area contributed by atoms with Crippen molar-refractivity contribution >= 4 is 23.2 Å². The molecule has 1 aromatic heterocycles. The molecule has 0 radical (unpaired) electrons. The van der Waals surface area contributed by atoms with Gasteiger partial charge in [-0.2, -0.15) is 10.4 Å². The van der Waals surface area contributed by atoms with Crippen molar-refractivity contribution in [1.29, 1.82) is 5.26 Å². The highest BCUT2D eigenvalue weighted by atomic mass is 35.5. The Bertz CT molecular complexity index is 688. The standard InChI is InChI=1S/C12H7Cl2N3O/c13-10-6-16-17(12(18)11(10)14)7-9-4-2-1-3-8(9)5-15/h1-4,6H,7H2. The molecule has 0 bridgehead atoms. The molecular weight excluding hydrogens is 273 g/mol. The van der Waals surface area contributed by atoms with Crippen LogP contribution in [0.5, 0.6) is 0 Å². The average molecular weight is 280 g/mol. The third-order valence-corrected chi connectivity index (χ3v) is 3.15. The fourth-order valence-corrected chi connectivity index (χ4v) is 1.76. The van der Waals surface area contributed by atoms with Crippen molar-refractivity contribution in [3.05, 3.63) is 62.0 Å². The Morgan fingerprint density at radius 2 is 2.06 bits per heavy atom. The Labute approximate surface area is 113 Å². The zero-order valence-corrected chi connectivity index (χ0v) is 10.6. The summed E-state index contributed by atoms with van der Waals surface area (Å²) in [5.41, 5.74) is 0.724. The van der Waals surface area contributed by atoms with Crippen molar-refractivity contribution in [3.8, 4) is 6.07 Å². The van der Waals surface area contributed by atoms with Gasteiger partial charge in [-0.1, -0.05) is 41.4 Å². The normalized spacial score (nSPS) is 10.1. The van der Waals surface area contributed by atoms with Crippen LogP contribution in [0.4, 0.5) is 0 Å². The minimum atomic E-state index is -0.475. The highest BCUT2D eigenvalue weighted by Gasteiger charge is 2.09. The molecule has 0 atom stereocenters. The van der Waals surface area contributed by atoms with Gasteiger partial charge in [0.15, 0.2) is 0 Å². The molecule has 0 saturated heterocycles. The van der Waals surface area contributed by atoms with Gasteiger partial charge in [-0.05, 0) is 11.6 Å². The number of rotatable bonds is 2. The Kier molecular flexibility index (Phi) is 3.66. The number of hydrogen-bond donors (Lipinski definition) is 0. The van der Waals surface area contributed by atoms with Gasteiger partial charge >= 0.3 is 0 Å². The van der Waals surface area contributed by atoms with Crippen molar-refractivity contribution in [2.75, 3.05) is 0 Å². The first-order valence-electron chi connectivity index (χ1n) is 5.02. The van der Waals surface area contributed by atoms with Gasteiger partial charge < -0.3 is 0 Å². The van der Waals surface area contributed by atoms with Crippen molar-refractivity contribution < 1.29 is 0 Å². The van der Waals surface area contributed by atoms with E-state index in [1.807, 2.05) is 0 Å². The maximum absolute atomic E-state index is 11.8. The van der Waals surface area contributed by atoms with Crippen molar-refractivity contribution in [2.45, 2.75) is 6.54 Å². The molecule has 2 rings (SSSR count). The van der Waals surface area contributed by atoms with Gasteiger partial charge in [0.2, 0.25) is 0 Å². The molecule has 90 valence electrons. The van der Waals surface area contributed by atoms with Crippen LogP contribution in [0.2, 0.25) is 10.0 Å². The van der Waals surface area contributed by atoms with Gasteiger partial charge in [0, 0.05) is 0 Å². The molecular formula is C12H7Cl2N3O. The van der Waals surface area contributed by atoms with Crippen molar-refractivity contribution in [1.82, 2.24) is 9.78 Å². The molecule has 0 unspecified atom stereocenters. The summed E-state index contributed by atoms with van der Waals surface area (Å²) >= 11 is 11.4. The maximum atomic E-state index is 11.8. The largest absolute Gasteiger partial charge is 0.287 e. The monoisotopic (exact) mass is 279 g/mol. The first-order chi connectivity index (χ1) is 8.63. The van der Waals surface area contributed by atoms with E-state index in [2.05, 4.69) is 11.2 Å². The molecule has 0 N–H and O–H groups in total. The van der Waals surface area contributed by atoms with E-state index in [-0.39, 0.29) is 16.6 Å². The second-order valence-corrected chi connectivity index (χ2v) is 4.32. The lowest BCUT2D eigenvalue weighted by molar-refractivity contribution is 0.638. The SMILES string of the molecule is N#Cc1ccccc1Cn1ncc(Cl)c(Cl)c1=O. The zero-order valence-electron chi connectivity index (χ0n) is 9.10. The van der Waals surface area contributed by atoms with Crippen molar-refractivity contribution in [3.63, 3.8) is 0 Å². The van der Waals surface area contributed by atoms with E-state index in [1.54, 1.807) is 24.3 Å². The van der Waals surface area contributed by atoms with E-state index >= 15 is 0 Å². The number of nitrogens with zero attached hydrogens (tertiary/aromatic N) is 3. The number of halogens is 2. The molecule has 1 heterocycles. The smallest absolute Gasteiger partial charge is 0.266 e. The summed E-state index contributed by atoms with van der Waals surface area (Å²) in [4.78, 5) is 11.8. The van der Waals surface area contributed by atoms with Crippen LogP contribution in [0, 0.1) is 11.3 Å². The highest BCUT2D eigenvalue weighted by molar-refractivity contribution is 6.41. The summed E-state index contributed by atoms with van der Waals surface area (Å²) < 4.78 is 1.17. The Morgan fingerprint density at radius 1 is 1.33 bits per heavy atom. The fraction of sp³-hybridized carbons (Fsp3) is 0.0833. The molecule has 1 aromatic carbocycles. The van der Waals surface area contributed by atoms with Gasteiger partial charge in [-0.15, -0.1) is 0 Å². The summed E-state index contributed by atoms with van der Waals surface area (Å²) in [7, 11) is 0. The Balaban J connectivity index is 2.45. The van der Waals surface area contributed by atoms with Crippen LogP contribution in [0.25, 0.3) is 0 Å². The van der Waals surface area contributed by atoms with E-state index < -0.39 is 5.56 Å². The molecule has 4 nitrogen and oxygen atoms in total. The topological polar surface area (TPSA) is 58.7 Å². The first kappa shape index (κ1) is 12.6. The number of nitriles is 1. The van der Waals surface area contributed by atoms with E-state index in [0.29, 0.717) is 11.1 Å². The van der Waals surface area contributed by atoms with Crippen LogP contribution in [0.15, 0.2) is 35.3 Å². The third-order valence-electron chi connectivity index (χ3n) is 2.40. The van der Waals surface area contributed by atoms with Gasteiger partial charge in [0.05, 0.1) is 29.4 Å². The first-order valence-corrected chi connectivity index (χ1v) is 5.78. The van der Waals surface area contributed by atoms with Crippen LogP contribution < -0.4 is 5.56 Å². The number of benzene rings is 1. The second kappa shape index (κ2) is 5.21. The van der Waals surface area contributed by atoms with E-state index in [9.17, 15) is 4.79 Å². The quantitative estimate of drug-likeness (QED) is 0.849. The molecule has 2 aromatic rings. The van der Waals surface area contributed by atoms with Gasteiger partial charge in [0.25, 0.3) is 5.56 Å². The molecule has 0 amide bonds. The summed E-state index contributed by atoms with van der Waals surface area (Å²) in [5, 5.41) is 12.9. The lowest BCUT2D eigenvalue weighted by Gasteiger charge is -2.06. The Hall–Kier alpha value is -1.83. The van der Waals surface area contributed by atoms with Gasteiger partial charge in [-0.3, -0.25) is 4.79 Å². The van der Waals surface area contributed by atoms with Crippen LogP contribution in [0.1, 0.15) is 11.1 Å². The molecule has 0 aliphatic heterocycles. The number of hydrogen-bond acceptors (Lipinski definition) is 3. The molecule has 0 saturated carbocycles. The van der Waals surface area contributed by atoms with E-state index in [4.69, 9.17) is 28.5 Å². The van der Waals surface area contributed by atoms with Crippen LogP contribution >= 0.6 is 23.2 Å². The Morgan fingerprint density at radius 3 is 2.78 bits per heavy atom. The average Bonchev–Trinajstić information content (AvgIpc) is 2.40. The minimum absolute atomic E-state index is 0.0684. The fourth-order valence-electron chi connectivity index (χ4n) is 1.49. The van der Waals surface area contributed by atoms with Crippen LogP contribution in [0.3, 0.4) is 0 Å². The summed E-state index contributed by atoms with van der Waals surface area (Å²) in [6.45, 7) is 0.180. The highest BCUT2D eigenvalue weighted by Crippen LogP contribution is 2.15. The molecule has 0 fully saturated rings. The number of aromatic nitrogens is 2. The third kappa shape index (κ3) is 2.37. The zero-order chi connectivity index (χ0) is 13.1. The molecule has 18 heavy (non-hydrogen) atoms. The lowest BCUT2D eigenvalue weighted by Crippen LogP contribution is -2.24. The van der Waals surface area contributed by atoms with Crippen LogP contribution in [-0.4, -0.2) is 9.78 Å². The second-order valence-electron chi connectivity index (χ2n) is 3.54.